The Morgan fingerprint density at radius 1 is 1.47 bits per heavy atom. The second-order valence-corrected chi connectivity index (χ2v) is 5.96. The second-order valence-electron chi connectivity index (χ2n) is 4.73. The molecule has 0 aromatic heterocycles. The predicted molar refractivity (Wildman–Crippen MR) is 78.1 cm³/mol. The molecule has 1 N–H and O–H groups in total. The topological polar surface area (TPSA) is 72.2 Å². The van der Waals surface area contributed by atoms with Crippen LogP contribution in [0.4, 0.5) is 5.69 Å². The first-order chi connectivity index (χ1) is 8.75. The summed E-state index contributed by atoms with van der Waals surface area (Å²) in [6, 6.07) is 3.83. The number of hydrogen-bond donors (Lipinski definition) is 1. The standard InChI is InChI=1S/C12H14BrClN2O3/c1-12(2,3-4-13)15-11(17)8-5-9(14)7-10(6-8)16(18)19/h5-7H,3-4H2,1-2H3,(H,15,17). The molecule has 1 rings (SSSR count). The first-order valence-corrected chi connectivity index (χ1v) is 7.08. The summed E-state index contributed by atoms with van der Waals surface area (Å²) in [7, 11) is 0. The molecule has 1 amide bonds. The zero-order valence-corrected chi connectivity index (χ0v) is 12.9. The van der Waals surface area contributed by atoms with Crippen LogP contribution in [-0.2, 0) is 0 Å². The van der Waals surface area contributed by atoms with Gasteiger partial charge in [-0.15, -0.1) is 0 Å². The van der Waals surface area contributed by atoms with E-state index in [4.69, 9.17) is 11.6 Å². The maximum atomic E-state index is 12.1. The van der Waals surface area contributed by atoms with E-state index in [0.717, 1.165) is 11.8 Å². The number of benzene rings is 1. The Labute approximate surface area is 124 Å². The Hall–Kier alpha value is -1.14. The van der Waals surface area contributed by atoms with Crippen molar-refractivity contribution in [3.8, 4) is 0 Å². The summed E-state index contributed by atoms with van der Waals surface area (Å²) < 4.78 is 0. The Balaban J connectivity index is 2.97. The van der Waals surface area contributed by atoms with Gasteiger partial charge in [-0.05, 0) is 26.3 Å². The lowest BCUT2D eigenvalue weighted by Crippen LogP contribution is -2.43. The Bertz CT molecular complexity index is 506. The van der Waals surface area contributed by atoms with Crippen LogP contribution < -0.4 is 5.32 Å². The average molecular weight is 350 g/mol. The van der Waals surface area contributed by atoms with Crippen molar-refractivity contribution in [3.05, 3.63) is 38.9 Å². The van der Waals surface area contributed by atoms with E-state index in [9.17, 15) is 14.9 Å². The third kappa shape index (κ3) is 4.80. The van der Waals surface area contributed by atoms with Crippen molar-refractivity contribution in [3.63, 3.8) is 0 Å². The summed E-state index contributed by atoms with van der Waals surface area (Å²) in [5.41, 5.74) is -0.421. The van der Waals surface area contributed by atoms with Crippen LogP contribution in [0, 0.1) is 10.1 Å². The van der Waals surface area contributed by atoms with Gasteiger partial charge in [-0.2, -0.15) is 0 Å². The SMILES string of the molecule is CC(C)(CCBr)NC(=O)c1cc(Cl)cc([N+](=O)[O-])c1. The minimum atomic E-state index is -0.577. The first kappa shape index (κ1) is 15.9. The molecular weight excluding hydrogens is 336 g/mol. The fraction of sp³-hybridized carbons (Fsp3) is 0.417. The molecule has 0 aliphatic carbocycles. The van der Waals surface area contributed by atoms with Gasteiger partial charge in [0.25, 0.3) is 11.6 Å². The van der Waals surface area contributed by atoms with Crippen LogP contribution in [0.25, 0.3) is 0 Å². The highest BCUT2D eigenvalue weighted by Gasteiger charge is 2.22. The number of hydrogen-bond acceptors (Lipinski definition) is 3. The molecule has 0 heterocycles. The molecule has 5 nitrogen and oxygen atoms in total. The Morgan fingerprint density at radius 3 is 2.63 bits per heavy atom. The molecule has 19 heavy (non-hydrogen) atoms. The molecule has 1 aromatic rings. The van der Waals surface area contributed by atoms with Crippen LogP contribution in [0.15, 0.2) is 18.2 Å². The summed E-state index contributed by atoms with van der Waals surface area (Å²) in [6.45, 7) is 3.76. The van der Waals surface area contributed by atoms with E-state index in [-0.39, 0.29) is 22.2 Å². The molecule has 7 heteroatoms. The van der Waals surface area contributed by atoms with Crippen molar-refractivity contribution in [1.29, 1.82) is 0 Å². The maximum absolute atomic E-state index is 12.1. The highest BCUT2D eigenvalue weighted by Crippen LogP contribution is 2.21. The largest absolute Gasteiger partial charge is 0.347 e. The van der Waals surface area contributed by atoms with Crippen LogP contribution in [0.2, 0.25) is 5.02 Å². The number of nitrogens with one attached hydrogen (secondary N) is 1. The maximum Gasteiger partial charge on any atom is 0.271 e. The number of halogens is 2. The van der Waals surface area contributed by atoms with Crippen molar-refractivity contribution < 1.29 is 9.72 Å². The lowest BCUT2D eigenvalue weighted by molar-refractivity contribution is -0.384. The van der Waals surface area contributed by atoms with Crippen molar-refractivity contribution >= 4 is 39.1 Å². The number of carbonyl (C=O) groups is 1. The zero-order chi connectivity index (χ0) is 14.6. The van der Waals surface area contributed by atoms with Crippen LogP contribution in [-0.4, -0.2) is 21.7 Å². The van der Waals surface area contributed by atoms with Gasteiger partial charge in [-0.3, -0.25) is 14.9 Å². The fourth-order valence-electron chi connectivity index (χ4n) is 1.49. The number of amides is 1. The molecule has 0 fully saturated rings. The van der Waals surface area contributed by atoms with Crippen molar-refractivity contribution in [1.82, 2.24) is 5.32 Å². The number of nitro benzene ring substituents is 1. The van der Waals surface area contributed by atoms with Gasteiger partial charge in [-0.1, -0.05) is 27.5 Å². The highest BCUT2D eigenvalue weighted by molar-refractivity contribution is 9.09. The summed E-state index contributed by atoms with van der Waals surface area (Å²) in [6.07, 6.45) is 0.737. The molecule has 0 bridgehead atoms. The van der Waals surface area contributed by atoms with Gasteiger partial charge < -0.3 is 5.32 Å². The fourth-order valence-corrected chi connectivity index (χ4v) is 2.71. The van der Waals surface area contributed by atoms with Gasteiger partial charge in [0, 0.05) is 33.6 Å². The molecule has 0 aliphatic rings. The van der Waals surface area contributed by atoms with Crippen molar-refractivity contribution in [2.75, 3.05) is 5.33 Å². The van der Waals surface area contributed by atoms with E-state index >= 15 is 0 Å². The van der Waals surface area contributed by atoms with E-state index in [1.165, 1.54) is 18.2 Å². The zero-order valence-electron chi connectivity index (χ0n) is 10.6. The highest BCUT2D eigenvalue weighted by atomic mass is 79.9. The molecule has 0 saturated carbocycles. The number of nitro groups is 1. The molecule has 0 spiro atoms. The minimum absolute atomic E-state index is 0.164. The summed E-state index contributed by atoms with van der Waals surface area (Å²) in [5.74, 6) is -0.378. The molecule has 104 valence electrons. The van der Waals surface area contributed by atoms with Crippen LogP contribution in [0.1, 0.15) is 30.6 Å². The van der Waals surface area contributed by atoms with E-state index in [1.807, 2.05) is 13.8 Å². The lowest BCUT2D eigenvalue weighted by Gasteiger charge is -2.25. The molecule has 1 aromatic carbocycles. The number of alkyl halides is 1. The van der Waals surface area contributed by atoms with Crippen LogP contribution in [0.3, 0.4) is 0 Å². The smallest absolute Gasteiger partial charge is 0.271 e. The lowest BCUT2D eigenvalue weighted by atomic mass is 10.0. The van der Waals surface area contributed by atoms with Gasteiger partial charge in [0.2, 0.25) is 0 Å². The number of non-ortho nitro benzene ring substituents is 1. The molecule has 0 unspecified atom stereocenters. The second kappa shape index (κ2) is 6.34. The monoisotopic (exact) mass is 348 g/mol. The van der Waals surface area contributed by atoms with Gasteiger partial charge >= 0.3 is 0 Å². The normalized spacial score (nSPS) is 11.2. The molecule has 0 aliphatic heterocycles. The third-order valence-electron chi connectivity index (χ3n) is 2.53. The number of nitrogens with zero attached hydrogens (tertiary/aromatic N) is 1. The van der Waals surface area contributed by atoms with E-state index < -0.39 is 10.5 Å². The first-order valence-electron chi connectivity index (χ1n) is 5.58. The Morgan fingerprint density at radius 2 is 2.11 bits per heavy atom. The van der Waals surface area contributed by atoms with Gasteiger partial charge in [0.1, 0.15) is 0 Å². The van der Waals surface area contributed by atoms with E-state index in [2.05, 4.69) is 21.2 Å². The van der Waals surface area contributed by atoms with E-state index in [0.29, 0.717) is 0 Å². The van der Waals surface area contributed by atoms with Gasteiger partial charge in [0.05, 0.1) is 4.92 Å². The van der Waals surface area contributed by atoms with Crippen molar-refractivity contribution in [2.45, 2.75) is 25.8 Å². The predicted octanol–water partition coefficient (Wildman–Crippen LogP) is 3.54. The average Bonchev–Trinajstić information content (AvgIpc) is 2.27. The molecular formula is C12H14BrClN2O3. The van der Waals surface area contributed by atoms with Crippen molar-refractivity contribution in [2.24, 2.45) is 0 Å². The van der Waals surface area contributed by atoms with E-state index in [1.54, 1.807) is 0 Å². The van der Waals surface area contributed by atoms with Crippen LogP contribution >= 0.6 is 27.5 Å². The third-order valence-corrected chi connectivity index (χ3v) is 3.14. The Kier molecular flexibility index (Phi) is 5.31. The minimum Gasteiger partial charge on any atom is -0.347 e. The molecule has 0 radical (unpaired) electrons. The summed E-state index contributed by atoms with van der Waals surface area (Å²) in [5, 5.41) is 14.5. The van der Waals surface area contributed by atoms with Gasteiger partial charge in [-0.25, -0.2) is 0 Å². The molecule has 0 atom stereocenters. The summed E-state index contributed by atoms with van der Waals surface area (Å²) in [4.78, 5) is 22.2. The van der Waals surface area contributed by atoms with Gasteiger partial charge in [0.15, 0.2) is 0 Å². The van der Waals surface area contributed by atoms with Crippen LogP contribution in [0.5, 0.6) is 0 Å². The summed E-state index contributed by atoms with van der Waals surface area (Å²) >= 11 is 9.09. The quantitative estimate of drug-likeness (QED) is 0.502. The number of rotatable bonds is 5. The molecule has 0 saturated heterocycles. The number of carbonyl (C=O) groups excluding carboxylic acids is 1.